The molecule has 1 heterocycles. The zero-order valence-corrected chi connectivity index (χ0v) is 13.1. The van der Waals surface area contributed by atoms with Gasteiger partial charge in [0.15, 0.2) is 0 Å². The number of benzene rings is 1. The first kappa shape index (κ1) is 17.1. The Labute approximate surface area is 134 Å². The highest BCUT2D eigenvalue weighted by atomic mass is 35.5. The lowest BCUT2D eigenvalue weighted by molar-refractivity contribution is -0.121. The van der Waals surface area contributed by atoms with Gasteiger partial charge >= 0.3 is 0 Å². The molecule has 0 aliphatic carbocycles. The number of likely N-dealkylation sites (tertiary alicyclic amines) is 1. The van der Waals surface area contributed by atoms with E-state index in [1.807, 2.05) is 0 Å². The van der Waals surface area contributed by atoms with Crippen LogP contribution in [0.1, 0.15) is 31.2 Å². The number of halogens is 2. The molecule has 1 fully saturated rings. The summed E-state index contributed by atoms with van der Waals surface area (Å²) in [5, 5.41) is 11.0. The van der Waals surface area contributed by atoms with E-state index in [0.717, 1.165) is 6.54 Å². The van der Waals surface area contributed by atoms with Crippen molar-refractivity contribution in [1.29, 1.82) is 0 Å². The Morgan fingerprint density at radius 1 is 1.45 bits per heavy atom. The first-order valence-corrected chi connectivity index (χ1v) is 7.72. The van der Waals surface area contributed by atoms with Crippen molar-refractivity contribution in [1.82, 2.24) is 10.3 Å². The number of carbonyl (C=O) groups is 1. The minimum atomic E-state index is -1.15. The summed E-state index contributed by atoms with van der Waals surface area (Å²) in [4.78, 5) is 13.2. The summed E-state index contributed by atoms with van der Waals surface area (Å²) in [7, 11) is 0. The van der Waals surface area contributed by atoms with Crippen molar-refractivity contribution in [2.75, 3.05) is 19.6 Å². The third-order valence-corrected chi connectivity index (χ3v) is 4.39. The van der Waals surface area contributed by atoms with Crippen LogP contribution in [-0.2, 0) is 10.4 Å². The number of amides is 1. The maximum absolute atomic E-state index is 14.0. The second kappa shape index (κ2) is 7.37. The number of hydrogen-bond acceptors (Lipinski definition) is 4. The van der Waals surface area contributed by atoms with Gasteiger partial charge in [0.25, 0.3) is 0 Å². The Balaban J connectivity index is 1.89. The molecule has 1 aliphatic rings. The Hall–Kier alpha value is -1.21. The molecule has 5 nitrogen and oxygen atoms in total. The Bertz CT molecular complexity index is 534. The molecule has 4 N–H and O–H groups in total. The van der Waals surface area contributed by atoms with E-state index in [9.17, 15) is 14.3 Å². The van der Waals surface area contributed by atoms with Crippen molar-refractivity contribution < 1.29 is 14.3 Å². The van der Waals surface area contributed by atoms with Crippen LogP contribution in [0.15, 0.2) is 18.2 Å². The highest BCUT2D eigenvalue weighted by Gasteiger charge is 2.35. The maximum atomic E-state index is 14.0. The van der Waals surface area contributed by atoms with Crippen molar-refractivity contribution in [3.05, 3.63) is 34.6 Å². The molecule has 1 aromatic rings. The number of aliphatic hydroxyl groups is 1. The minimum absolute atomic E-state index is 0.184. The van der Waals surface area contributed by atoms with Crippen LogP contribution in [0, 0.1) is 5.82 Å². The summed E-state index contributed by atoms with van der Waals surface area (Å²) in [5.74, 6) is 4.37. The Kier molecular flexibility index (Phi) is 5.74. The van der Waals surface area contributed by atoms with E-state index in [-0.39, 0.29) is 5.91 Å². The summed E-state index contributed by atoms with van der Waals surface area (Å²) in [5.41, 5.74) is 1.25. The van der Waals surface area contributed by atoms with E-state index < -0.39 is 11.4 Å². The Morgan fingerprint density at radius 3 is 2.73 bits per heavy atom. The fraction of sp³-hybridized carbons (Fsp3) is 0.533. The molecule has 0 atom stereocenters. The topological polar surface area (TPSA) is 78.6 Å². The summed E-state index contributed by atoms with van der Waals surface area (Å²) in [6.07, 6.45) is 1.99. The number of nitrogens with two attached hydrogens (primary N) is 1. The molecule has 1 aliphatic heterocycles. The average molecular weight is 330 g/mol. The van der Waals surface area contributed by atoms with Gasteiger partial charge in [-0.05, 0) is 37.9 Å². The molecule has 7 heteroatoms. The lowest BCUT2D eigenvalue weighted by atomic mass is 9.84. The predicted molar refractivity (Wildman–Crippen MR) is 82.5 cm³/mol. The SMILES string of the molecule is NNC(=O)CCCN1CCC(O)(c2ccc(Cl)cc2F)CC1. The highest BCUT2D eigenvalue weighted by Crippen LogP contribution is 2.35. The number of nitrogens with zero attached hydrogens (tertiary/aromatic N) is 1. The molecule has 1 saturated heterocycles. The van der Waals surface area contributed by atoms with E-state index >= 15 is 0 Å². The number of hydrogen-bond donors (Lipinski definition) is 3. The van der Waals surface area contributed by atoms with Crippen LogP contribution in [0.2, 0.25) is 5.02 Å². The molecule has 1 amide bonds. The molecule has 0 spiro atoms. The fourth-order valence-electron chi connectivity index (χ4n) is 2.82. The lowest BCUT2D eigenvalue weighted by Crippen LogP contribution is -2.43. The lowest BCUT2D eigenvalue weighted by Gasteiger charge is -2.38. The number of piperidine rings is 1. The third kappa shape index (κ3) is 4.16. The molecule has 22 heavy (non-hydrogen) atoms. The van der Waals surface area contributed by atoms with Crippen LogP contribution < -0.4 is 11.3 Å². The fourth-order valence-corrected chi connectivity index (χ4v) is 2.98. The second-order valence-corrected chi connectivity index (χ2v) is 6.10. The Morgan fingerprint density at radius 2 is 2.14 bits per heavy atom. The van der Waals surface area contributed by atoms with Gasteiger partial charge in [0, 0.05) is 30.1 Å². The molecule has 122 valence electrons. The second-order valence-electron chi connectivity index (χ2n) is 5.67. The largest absolute Gasteiger partial charge is 0.385 e. The number of nitrogens with one attached hydrogen (secondary N) is 1. The van der Waals surface area contributed by atoms with Gasteiger partial charge < -0.3 is 10.0 Å². The zero-order valence-electron chi connectivity index (χ0n) is 12.3. The summed E-state index contributed by atoms with van der Waals surface area (Å²) in [6.45, 7) is 2.07. The quantitative estimate of drug-likeness (QED) is 0.435. The average Bonchev–Trinajstić information content (AvgIpc) is 2.49. The van der Waals surface area contributed by atoms with E-state index in [2.05, 4.69) is 10.3 Å². The monoisotopic (exact) mass is 329 g/mol. The molecule has 0 aromatic heterocycles. The van der Waals surface area contributed by atoms with Crippen LogP contribution in [0.4, 0.5) is 4.39 Å². The van der Waals surface area contributed by atoms with Gasteiger partial charge in [-0.3, -0.25) is 10.2 Å². The van der Waals surface area contributed by atoms with Gasteiger partial charge in [-0.15, -0.1) is 0 Å². The molecule has 0 radical (unpaired) electrons. The molecule has 0 unspecified atom stereocenters. The van der Waals surface area contributed by atoms with Crippen molar-refractivity contribution >= 4 is 17.5 Å². The molecule has 0 bridgehead atoms. The normalized spacial score (nSPS) is 18.2. The number of carbonyl (C=O) groups excluding carboxylic acids is 1. The molecule has 1 aromatic carbocycles. The first-order chi connectivity index (χ1) is 10.4. The molecule has 2 rings (SSSR count). The van der Waals surface area contributed by atoms with Gasteiger partial charge in [-0.1, -0.05) is 17.7 Å². The van der Waals surface area contributed by atoms with E-state index in [1.54, 1.807) is 12.1 Å². The van der Waals surface area contributed by atoms with Crippen LogP contribution in [0.3, 0.4) is 0 Å². The summed E-state index contributed by atoms with van der Waals surface area (Å²) < 4.78 is 14.0. The van der Waals surface area contributed by atoms with E-state index in [1.165, 1.54) is 6.07 Å². The van der Waals surface area contributed by atoms with Crippen LogP contribution >= 0.6 is 11.6 Å². The van der Waals surface area contributed by atoms with Crippen LogP contribution in [0.5, 0.6) is 0 Å². The van der Waals surface area contributed by atoms with Gasteiger partial charge in [0.1, 0.15) is 5.82 Å². The van der Waals surface area contributed by atoms with Gasteiger partial charge in [0.2, 0.25) is 5.91 Å². The predicted octanol–water partition coefficient (Wildman–Crippen LogP) is 1.53. The van der Waals surface area contributed by atoms with Gasteiger partial charge in [0.05, 0.1) is 5.60 Å². The van der Waals surface area contributed by atoms with Gasteiger partial charge in [-0.25, -0.2) is 10.2 Å². The minimum Gasteiger partial charge on any atom is -0.385 e. The van der Waals surface area contributed by atoms with Crippen molar-refractivity contribution in [2.24, 2.45) is 5.84 Å². The van der Waals surface area contributed by atoms with Crippen molar-refractivity contribution in [2.45, 2.75) is 31.3 Å². The molecule has 0 saturated carbocycles. The van der Waals surface area contributed by atoms with Crippen LogP contribution in [0.25, 0.3) is 0 Å². The first-order valence-electron chi connectivity index (χ1n) is 7.34. The number of hydrazine groups is 1. The third-order valence-electron chi connectivity index (χ3n) is 4.15. The molecular weight excluding hydrogens is 309 g/mol. The summed E-state index contributed by atoms with van der Waals surface area (Å²) >= 11 is 5.75. The maximum Gasteiger partial charge on any atom is 0.233 e. The van der Waals surface area contributed by atoms with E-state index in [4.69, 9.17) is 17.4 Å². The smallest absolute Gasteiger partial charge is 0.233 e. The summed E-state index contributed by atoms with van der Waals surface area (Å²) in [6, 6.07) is 4.38. The van der Waals surface area contributed by atoms with Gasteiger partial charge in [-0.2, -0.15) is 0 Å². The van der Waals surface area contributed by atoms with E-state index in [0.29, 0.717) is 49.4 Å². The number of rotatable bonds is 5. The van der Waals surface area contributed by atoms with Crippen molar-refractivity contribution in [3.8, 4) is 0 Å². The van der Waals surface area contributed by atoms with Crippen LogP contribution in [-0.4, -0.2) is 35.5 Å². The zero-order chi connectivity index (χ0) is 16.2. The standard InChI is InChI=1S/C15H21ClFN3O2/c16-11-3-4-12(13(17)10-11)15(22)5-8-20(9-6-15)7-1-2-14(21)19-18/h3-4,10,22H,1-2,5-9,18H2,(H,19,21). The van der Waals surface area contributed by atoms with Crippen molar-refractivity contribution in [3.63, 3.8) is 0 Å². The molecular formula is C15H21ClFN3O2. The highest BCUT2D eigenvalue weighted by molar-refractivity contribution is 6.30.